The van der Waals surface area contributed by atoms with Crippen LogP contribution in [0.5, 0.6) is 0 Å². The predicted octanol–water partition coefficient (Wildman–Crippen LogP) is 1.95. The van der Waals surface area contributed by atoms with E-state index in [1.54, 1.807) is 11.3 Å². The number of hydrogen-bond acceptors (Lipinski definition) is 3. The third-order valence-electron chi connectivity index (χ3n) is 3.33. The maximum atomic E-state index is 5.82. The van der Waals surface area contributed by atoms with Gasteiger partial charge in [-0.15, -0.1) is 11.3 Å². The Balaban J connectivity index is 1.64. The van der Waals surface area contributed by atoms with Gasteiger partial charge < -0.3 is 11.1 Å². The summed E-state index contributed by atoms with van der Waals surface area (Å²) in [6.07, 6.45) is 5.92. The van der Waals surface area contributed by atoms with Crippen molar-refractivity contribution in [3.8, 4) is 0 Å². The van der Waals surface area contributed by atoms with Gasteiger partial charge in [-0.1, -0.05) is 13.3 Å². The van der Waals surface area contributed by atoms with Crippen molar-refractivity contribution in [3.63, 3.8) is 0 Å². The van der Waals surface area contributed by atoms with Gasteiger partial charge in [0.1, 0.15) is 0 Å². The van der Waals surface area contributed by atoms with Gasteiger partial charge in [-0.2, -0.15) is 0 Å². The number of hydrogen-bond donors (Lipinski definition) is 2. The van der Waals surface area contributed by atoms with Crippen LogP contribution in [0.4, 0.5) is 0 Å². The molecule has 18 heavy (non-hydrogen) atoms. The summed E-state index contributed by atoms with van der Waals surface area (Å²) in [7, 11) is 0. The smallest absolute Gasteiger partial charge is 0.188 e. The van der Waals surface area contributed by atoms with Gasteiger partial charge in [0.05, 0.1) is 10.7 Å². The Morgan fingerprint density at radius 1 is 1.61 bits per heavy atom. The predicted molar refractivity (Wildman–Crippen MR) is 77.0 cm³/mol. The minimum atomic E-state index is 0.577. The highest BCUT2D eigenvalue weighted by Crippen LogP contribution is 2.26. The molecule has 0 radical (unpaired) electrons. The van der Waals surface area contributed by atoms with Gasteiger partial charge in [0.25, 0.3) is 0 Å². The lowest BCUT2D eigenvalue weighted by atomic mass is 9.86. The summed E-state index contributed by atoms with van der Waals surface area (Å²) in [6.45, 7) is 3.83. The van der Waals surface area contributed by atoms with Crippen molar-refractivity contribution in [1.29, 1.82) is 0 Å². The molecule has 1 saturated carbocycles. The van der Waals surface area contributed by atoms with E-state index in [2.05, 4.69) is 27.6 Å². The second kappa shape index (κ2) is 6.73. The molecule has 2 rings (SSSR count). The van der Waals surface area contributed by atoms with E-state index in [9.17, 15) is 0 Å². The third-order valence-corrected chi connectivity index (χ3v) is 4.38. The first kappa shape index (κ1) is 13.3. The Kier molecular flexibility index (Phi) is 4.99. The van der Waals surface area contributed by atoms with Crippen molar-refractivity contribution in [2.45, 2.75) is 39.0 Å². The zero-order valence-corrected chi connectivity index (χ0v) is 11.8. The number of nitrogens with zero attached hydrogens (tertiary/aromatic N) is 2. The van der Waals surface area contributed by atoms with E-state index < -0.39 is 0 Å². The highest BCUT2D eigenvalue weighted by Gasteiger charge is 2.16. The first-order valence-electron chi connectivity index (χ1n) is 6.75. The van der Waals surface area contributed by atoms with Gasteiger partial charge in [0.2, 0.25) is 0 Å². The number of aryl methyl sites for hydroxylation is 1. The number of nitrogens with two attached hydrogens (primary N) is 1. The van der Waals surface area contributed by atoms with E-state index in [1.807, 2.05) is 0 Å². The van der Waals surface area contributed by atoms with E-state index in [-0.39, 0.29) is 0 Å². The molecule has 0 unspecified atom stereocenters. The Labute approximate surface area is 113 Å². The van der Waals surface area contributed by atoms with E-state index in [1.165, 1.54) is 24.3 Å². The number of thiazole rings is 1. The van der Waals surface area contributed by atoms with Gasteiger partial charge in [0.15, 0.2) is 5.96 Å². The number of nitrogens with one attached hydrogen (secondary N) is 1. The van der Waals surface area contributed by atoms with Crippen LogP contribution in [0.15, 0.2) is 10.4 Å². The molecule has 0 aromatic carbocycles. The Morgan fingerprint density at radius 2 is 2.44 bits per heavy atom. The SMILES string of the molecule is CCc1nc(CCNC(N)=NCC2CCC2)cs1. The monoisotopic (exact) mass is 266 g/mol. The second-order valence-electron chi connectivity index (χ2n) is 4.79. The van der Waals surface area contributed by atoms with Crippen LogP contribution in [-0.4, -0.2) is 24.0 Å². The molecule has 3 N–H and O–H groups in total. The van der Waals surface area contributed by atoms with E-state index in [4.69, 9.17) is 5.73 Å². The summed E-state index contributed by atoms with van der Waals surface area (Å²) in [6, 6.07) is 0. The number of aromatic nitrogens is 1. The first-order valence-corrected chi connectivity index (χ1v) is 7.63. The average Bonchev–Trinajstić information content (AvgIpc) is 2.75. The number of rotatable bonds is 6. The minimum Gasteiger partial charge on any atom is -0.370 e. The maximum Gasteiger partial charge on any atom is 0.188 e. The molecular weight excluding hydrogens is 244 g/mol. The molecule has 5 heteroatoms. The molecule has 0 atom stereocenters. The summed E-state index contributed by atoms with van der Waals surface area (Å²) in [5, 5.41) is 6.49. The zero-order chi connectivity index (χ0) is 12.8. The van der Waals surface area contributed by atoms with Crippen LogP contribution in [0.3, 0.4) is 0 Å². The largest absolute Gasteiger partial charge is 0.370 e. The van der Waals surface area contributed by atoms with Crippen LogP contribution in [-0.2, 0) is 12.8 Å². The van der Waals surface area contributed by atoms with Gasteiger partial charge in [-0.3, -0.25) is 4.99 Å². The van der Waals surface area contributed by atoms with Crippen molar-refractivity contribution in [2.75, 3.05) is 13.1 Å². The topological polar surface area (TPSA) is 63.3 Å². The molecule has 1 aromatic rings. The Hall–Kier alpha value is -1.10. The number of guanidine groups is 1. The fourth-order valence-corrected chi connectivity index (χ4v) is 2.68. The highest BCUT2D eigenvalue weighted by molar-refractivity contribution is 7.09. The van der Waals surface area contributed by atoms with Crippen LogP contribution >= 0.6 is 11.3 Å². The summed E-state index contributed by atoms with van der Waals surface area (Å²) in [4.78, 5) is 8.88. The fourth-order valence-electron chi connectivity index (χ4n) is 1.90. The van der Waals surface area contributed by atoms with E-state index in [0.717, 1.165) is 37.5 Å². The number of aliphatic imine (C=N–C) groups is 1. The van der Waals surface area contributed by atoms with Crippen LogP contribution in [0.2, 0.25) is 0 Å². The molecule has 0 aliphatic heterocycles. The van der Waals surface area contributed by atoms with Crippen molar-refractivity contribution >= 4 is 17.3 Å². The summed E-state index contributed by atoms with van der Waals surface area (Å²) < 4.78 is 0. The third kappa shape index (κ3) is 3.98. The van der Waals surface area contributed by atoms with E-state index in [0.29, 0.717) is 5.96 Å². The quantitative estimate of drug-likeness (QED) is 0.611. The second-order valence-corrected chi connectivity index (χ2v) is 5.73. The van der Waals surface area contributed by atoms with Crippen molar-refractivity contribution < 1.29 is 0 Å². The first-order chi connectivity index (χ1) is 8.78. The lowest BCUT2D eigenvalue weighted by molar-refractivity contribution is 0.326. The van der Waals surface area contributed by atoms with Crippen molar-refractivity contribution in [3.05, 3.63) is 16.1 Å². The molecule has 1 aliphatic carbocycles. The molecule has 0 saturated heterocycles. The molecular formula is C13H22N4S. The molecule has 1 heterocycles. The lowest BCUT2D eigenvalue weighted by Crippen LogP contribution is -2.34. The Morgan fingerprint density at radius 3 is 3.06 bits per heavy atom. The van der Waals surface area contributed by atoms with Crippen LogP contribution in [0.25, 0.3) is 0 Å². The highest BCUT2D eigenvalue weighted by atomic mass is 32.1. The van der Waals surface area contributed by atoms with Crippen LogP contribution < -0.4 is 11.1 Å². The maximum absolute atomic E-state index is 5.82. The molecule has 0 bridgehead atoms. The summed E-state index contributed by atoms with van der Waals surface area (Å²) in [5.74, 6) is 1.35. The molecule has 1 fully saturated rings. The van der Waals surface area contributed by atoms with Crippen molar-refractivity contribution in [2.24, 2.45) is 16.6 Å². The molecule has 0 spiro atoms. The minimum absolute atomic E-state index is 0.577. The molecule has 1 aromatic heterocycles. The molecule has 4 nitrogen and oxygen atoms in total. The summed E-state index contributed by atoms with van der Waals surface area (Å²) >= 11 is 1.73. The molecule has 100 valence electrons. The van der Waals surface area contributed by atoms with Crippen LogP contribution in [0.1, 0.15) is 36.9 Å². The average molecular weight is 266 g/mol. The van der Waals surface area contributed by atoms with Crippen molar-refractivity contribution in [1.82, 2.24) is 10.3 Å². The molecule has 1 aliphatic rings. The Bertz CT molecular complexity index is 395. The standard InChI is InChI=1S/C13H22N4S/c1-2-12-17-11(9-18-12)6-7-15-13(14)16-8-10-4-3-5-10/h9-10H,2-8H2,1H3,(H3,14,15,16). The van der Waals surface area contributed by atoms with Gasteiger partial charge in [0, 0.05) is 24.9 Å². The van der Waals surface area contributed by atoms with Gasteiger partial charge >= 0.3 is 0 Å². The fraction of sp³-hybridized carbons (Fsp3) is 0.692. The normalized spacial score (nSPS) is 16.6. The lowest BCUT2D eigenvalue weighted by Gasteiger charge is -2.23. The van der Waals surface area contributed by atoms with Gasteiger partial charge in [-0.05, 0) is 25.2 Å². The zero-order valence-electron chi connectivity index (χ0n) is 11.0. The van der Waals surface area contributed by atoms with Gasteiger partial charge in [-0.25, -0.2) is 4.98 Å². The van der Waals surface area contributed by atoms with Crippen LogP contribution in [0, 0.1) is 5.92 Å². The van der Waals surface area contributed by atoms with E-state index >= 15 is 0 Å². The molecule has 0 amide bonds. The summed E-state index contributed by atoms with van der Waals surface area (Å²) in [5.41, 5.74) is 6.97.